The van der Waals surface area contributed by atoms with E-state index in [1.807, 2.05) is 0 Å². The maximum absolute atomic E-state index is 4.66. The van der Waals surface area contributed by atoms with Gasteiger partial charge in [0.15, 0.2) is 0 Å². The van der Waals surface area contributed by atoms with Crippen LogP contribution in [-0.2, 0) is 0 Å². The van der Waals surface area contributed by atoms with Gasteiger partial charge in [-0.1, -0.05) is 0 Å². The maximum atomic E-state index is 4.66. The number of nitrogens with one attached hydrogen (secondary N) is 1. The van der Waals surface area contributed by atoms with E-state index < -0.39 is 0 Å². The van der Waals surface area contributed by atoms with E-state index in [2.05, 4.69) is 17.2 Å². The van der Waals surface area contributed by atoms with Crippen molar-refractivity contribution >= 4 is 5.71 Å². The fourth-order valence-electron chi connectivity index (χ4n) is 2.13. The summed E-state index contributed by atoms with van der Waals surface area (Å²) in [4.78, 5) is 4.66. The van der Waals surface area contributed by atoms with Crippen molar-refractivity contribution in [1.82, 2.24) is 5.32 Å². The number of hydrogen-bond donors (Lipinski definition) is 1. The third-order valence-electron chi connectivity index (χ3n) is 2.85. The molecule has 1 saturated heterocycles. The highest BCUT2D eigenvalue weighted by molar-refractivity contribution is 5.82. The highest BCUT2D eigenvalue weighted by atomic mass is 15.0. The molecule has 0 amide bonds. The van der Waals surface area contributed by atoms with Gasteiger partial charge in [0.1, 0.15) is 0 Å². The van der Waals surface area contributed by atoms with Gasteiger partial charge < -0.3 is 5.32 Å². The van der Waals surface area contributed by atoms with Crippen LogP contribution in [0.2, 0.25) is 0 Å². The molecule has 0 aromatic carbocycles. The Morgan fingerprint density at radius 3 is 3.27 bits per heavy atom. The lowest BCUT2D eigenvalue weighted by Gasteiger charge is -2.33. The van der Waals surface area contributed by atoms with Crippen LogP contribution in [0.3, 0.4) is 0 Å². The molecule has 62 valence electrons. The van der Waals surface area contributed by atoms with Crippen molar-refractivity contribution in [3.8, 4) is 0 Å². The molecule has 0 aromatic heterocycles. The molecule has 0 spiro atoms. The SMILES string of the molecule is CC1=NC2CNCCC2CC1. The Morgan fingerprint density at radius 1 is 1.45 bits per heavy atom. The lowest BCUT2D eigenvalue weighted by molar-refractivity contribution is 0.301. The summed E-state index contributed by atoms with van der Waals surface area (Å²) in [6.07, 6.45) is 3.95. The second kappa shape index (κ2) is 2.94. The molecule has 2 heterocycles. The first-order valence-electron chi connectivity index (χ1n) is 4.60. The maximum Gasteiger partial charge on any atom is 0.0651 e. The monoisotopic (exact) mass is 152 g/mol. The zero-order valence-corrected chi connectivity index (χ0v) is 7.14. The Morgan fingerprint density at radius 2 is 2.36 bits per heavy atom. The number of fused-ring (bicyclic) bond motifs is 1. The van der Waals surface area contributed by atoms with Gasteiger partial charge in [0, 0.05) is 12.3 Å². The molecule has 0 radical (unpaired) electrons. The van der Waals surface area contributed by atoms with Crippen LogP contribution in [-0.4, -0.2) is 24.8 Å². The van der Waals surface area contributed by atoms with E-state index in [9.17, 15) is 0 Å². The van der Waals surface area contributed by atoms with E-state index in [1.54, 1.807) is 0 Å². The number of rotatable bonds is 0. The summed E-state index contributed by atoms with van der Waals surface area (Å²) in [5, 5.41) is 3.40. The molecule has 2 heteroatoms. The van der Waals surface area contributed by atoms with E-state index >= 15 is 0 Å². The summed E-state index contributed by atoms with van der Waals surface area (Å²) >= 11 is 0. The van der Waals surface area contributed by atoms with Crippen LogP contribution in [0.5, 0.6) is 0 Å². The second-order valence-corrected chi connectivity index (χ2v) is 3.72. The van der Waals surface area contributed by atoms with Gasteiger partial charge in [0.05, 0.1) is 6.04 Å². The zero-order valence-electron chi connectivity index (χ0n) is 7.14. The highest BCUT2D eigenvalue weighted by Crippen LogP contribution is 2.25. The Balaban J connectivity index is 2.07. The molecule has 2 unspecified atom stereocenters. The van der Waals surface area contributed by atoms with Gasteiger partial charge in [0.25, 0.3) is 0 Å². The number of nitrogens with zero attached hydrogens (tertiary/aromatic N) is 1. The van der Waals surface area contributed by atoms with Gasteiger partial charge >= 0.3 is 0 Å². The molecular weight excluding hydrogens is 136 g/mol. The van der Waals surface area contributed by atoms with Gasteiger partial charge in [-0.2, -0.15) is 0 Å². The minimum Gasteiger partial charge on any atom is -0.315 e. The average molecular weight is 152 g/mol. The third kappa shape index (κ3) is 1.45. The number of piperidine rings is 1. The predicted molar refractivity (Wildman–Crippen MR) is 47.1 cm³/mol. The summed E-state index contributed by atoms with van der Waals surface area (Å²) in [5.41, 5.74) is 1.36. The van der Waals surface area contributed by atoms with E-state index in [0.29, 0.717) is 6.04 Å². The van der Waals surface area contributed by atoms with Crippen molar-refractivity contribution in [2.45, 2.75) is 32.2 Å². The molecule has 1 fully saturated rings. The van der Waals surface area contributed by atoms with E-state index in [4.69, 9.17) is 0 Å². The molecule has 2 nitrogen and oxygen atoms in total. The van der Waals surface area contributed by atoms with Crippen LogP contribution in [0.15, 0.2) is 4.99 Å². The second-order valence-electron chi connectivity index (χ2n) is 3.72. The van der Waals surface area contributed by atoms with Crippen LogP contribution in [0, 0.1) is 5.92 Å². The first-order valence-corrected chi connectivity index (χ1v) is 4.60. The van der Waals surface area contributed by atoms with Gasteiger partial charge in [-0.3, -0.25) is 4.99 Å². The van der Waals surface area contributed by atoms with Crippen LogP contribution < -0.4 is 5.32 Å². The molecule has 2 aliphatic rings. The lowest BCUT2D eigenvalue weighted by Crippen LogP contribution is -2.41. The first kappa shape index (κ1) is 7.29. The summed E-state index contributed by atoms with van der Waals surface area (Å²) in [6, 6.07) is 0.609. The van der Waals surface area contributed by atoms with Gasteiger partial charge in [-0.15, -0.1) is 0 Å². The fraction of sp³-hybridized carbons (Fsp3) is 0.889. The molecule has 2 aliphatic heterocycles. The topological polar surface area (TPSA) is 24.4 Å². The van der Waals surface area contributed by atoms with Crippen molar-refractivity contribution in [3.05, 3.63) is 0 Å². The number of hydrogen-bond acceptors (Lipinski definition) is 2. The van der Waals surface area contributed by atoms with Gasteiger partial charge in [-0.25, -0.2) is 0 Å². The van der Waals surface area contributed by atoms with E-state index in [1.165, 1.54) is 31.5 Å². The Hall–Kier alpha value is -0.370. The van der Waals surface area contributed by atoms with Crippen LogP contribution >= 0.6 is 0 Å². The summed E-state index contributed by atoms with van der Waals surface area (Å²) < 4.78 is 0. The Kier molecular flexibility index (Phi) is 1.95. The Bertz CT molecular complexity index is 174. The minimum atomic E-state index is 0.609. The van der Waals surface area contributed by atoms with Crippen molar-refractivity contribution in [3.63, 3.8) is 0 Å². The molecular formula is C9H16N2. The van der Waals surface area contributed by atoms with Gasteiger partial charge in [-0.05, 0) is 38.6 Å². The van der Waals surface area contributed by atoms with Crippen LogP contribution in [0.1, 0.15) is 26.2 Å². The molecule has 11 heavy (non-hydrogen) atoms. The predicted octanol–water partition coefficient (Wildman–Crippen LogP) is 1.22. The number of aliphatic imine (C=N–C) groups is 1. The molecule has 2 atom stereocenters. The molecule has 2 rings (SSSR count). The highest BCUT2D eigenvalue weighted by Gasteiger charge is 2.26. The first-order chi connectivity index (χ1) is 5.36. The average Bonchev–Trinajstić information content (AvgIpc) is 2.04. The molecule has 0 saturated carbocycles. The zero-order chi connectivity index (χ0) is 7.68. The minimum absolute atomic E-state index is 0.609. The Labute approximate surface area is 68.1 Å². The normalized spacial score (nSPS) is 37.7. The summed E-state index contributed by atoms with van der Waals surface area (Å²) in [7, 11) is 0. The lowest BCUT2D eigenvalue weighted by atomic mass is 9.86. The quantitative estimate of drug-likeness (QED) is 0.554. The third-order valence-corrected chi connectivity index (χ3v) is 2.85. The molecule has 0 aliphatic carbocycles. The molecule has 0 bridgehead atoms. The molecule has 0 aromatic rings. The van der Waals surface area contributed by atoms with Crippen LogP contribution in [0.4, 0.5) is 0 Å². The fourth-order valence-corrected chi connectivity index (χ4v) is 2.13. The summed E-state index contributed by atoms with van der Waals surface area (Å²) in [5.74, 6) is 0.889. The molecule has 1 N–H and O–H groups in total. The summed E-state index contributed by atoms with van der Waals surface area (Å²) in [6.45, 7) is 4.47. The van der Waals surface area contributed by atoms with Crippen molar-refractivity contribution < 1.29 is 0 Å². The smallest absolute Gasteiger partial charge is 0.0651 e. The van der Waals surface area contributed by atoms with E-state index in [-0.39, 0.29) is 0 Å². The van der Waals surface area contributed by atoms with Crippen molar-refractivity contribution in [1.29, 1.82) is 0 Å². The largest absolute Gasteiger partial charge is 0.315 e. The van der Waals surface area contributed by atoms with Crippen LogP contribution in [0.25, 0.3) is 0 Å². The van der Waals surface area contributed by atoms with Gasteiger partial charge in [0.2, 0.25) is 0 Å². The van der Waals surface area contributed by atoms with Crippen molar-refractivity contribution in [2.75, 3.05) is 13.1 Å². The standard InChI is InChI=1S/C9H16N2/c1-7-2-3-8-4-5-10-6-9(8)11-7/h8-10H,2-6H2,1H3. The van der Waals surface area contributed by atoms with Crippen molar-refractivity contribution in [2.24, 2.45) is 10.9 Å². The van der Waals surface area contributed by atoms with E-state index in [0.717, 1.165) is 12.5 Å².